The molecule has 0 atom stereocenters. The Bertz CT molecular complexity index is 338. The normalized spacial score (nSPS) is 9.36. The largest absolute Gasteiger partial charge is 0.386 e. The zero-order chi connectivity index (χ0) is 10.6. The number of hydrogen-bond donors (Lipinski definition) is 4. The van der Waals surface area contributed by atoms with E-state index < -0.39 is 0 Å². The van der Waals surface area contributed by atoms with Crippen molar-refractivity contribution in [2.24, 2.45) is 5.84 Å². The van der Waals surface area contributed by atoms with E-state index in [1.54, 1.807) is 19.2 Å². The lowest BCUT2D eigenvalue weighted by Gasteiger charge is -2.09. The van der Waals surface area contributed by atoms with E-state index in [1.165, 1.54) is 0 Å². The number of amides is 1. The molecule has 0 heterocycles. The molecule has 0 bridgehead atoms. The smallest absolute Gasteiger partial charge is 0.265 e. The van der Waals surface area contributed by atoms with Crippen molar-refractivity contribution in [1.29, 1.82) is 0 Å². The number of carbonyl (C=O) groups is 1. The fourth-order valence-electron chi connectivity index (χ4n) is 1.19. The maximum atomic E-state index is 11.2. The van der Waals surface area contributed by atoms with Gasteiger partial charge < -0.3 is 10.6 Å². The lowest BCUT2D eigenvalue weighted by atomic mass is 10.1. The quantitative estimate of drug-likeness (QED) is 0.318. The summed E-state index contributed by atoms with van der Waals surface area (Å²) in [5.74, 6) is 4.73. The van der Waals surface area contributed by atoms with Gasteiger partial charge in [-0.2, -0.15) is 0 Å². The predicted octanol–water partition coefficient (Wildman–Crippen LogP) is 0.373. The van der Waals surface area contributed by atoms with Gasteiger partial charge in [-0.15, -0.1) is 0 Å². The predicted molar refractivity (Wildman–Crippen MR) is 57.2 cm³/mol. The van der Waals surface area contributed by atoms with E-state index in [0.717, 1.165) is 11.4 Å². The lowest BCUT2D eigenvalue weighted by molar-refractivity contribution is 0.0953. The molecule has 0 saturated heterocycles. The second kappa shape index (κ2) is 4.48. The van der Waals surface area contributed by atoms with E-state index in [1.807, 2.05) is 13.1 Å². The number of nitrogens with two attached hydrogens (primary N) is 1. The van der Waals surface area contributed by atoms with Gasteiger partial charge in [0.25, 0.3) is 5.91 Å². The monoisotopic (exact) mass is 194 g/mol. The summed E-state index contributed by atoms with van der Waals surface area (Å²) in [7, 11) is 3.61. The molecular formula is C9H14N4O. The van der Waals surface area contributed by atoms with Gasteiger partial charge in [0.1, 0.15) is 0 Å². The average molecular weight is 194 g/mol. The fourth-order valence-corrected chi connectivity index (χ4v) is 1.19. The minimum absolute atomic E-state index is 0.302. The summed E-state index contributed by atoms with van der Waals surface area (Å²) in [4.78, 5) is 11.2. The number of anilines is 2. The van der Waals surface area contributed by atoms with Crippen molar-refractivity contribution in [2.75, 3.05) is 24.7 Å². The SMILES string of the molecule is CNc1ccc(C(=O)NN)cc1NC. The second-order valence-electron chi connectivity index (χ2n) is 2.73. The summed E-state index contributed by atoms with van der Waals surface area (Å²) in [5, 5.41) is 5.99. The molecule has 0 aromatic heterocycles. The summed E-state index contributed by atoms with van der Waals surface area (Å²) in [5.41, 5.74) is 4.39. The Morgan fingerprint density at radius 2 is 1.86 bits per heavy atom. The van der Waals surface area contributed by atoms with Gasteiger partial charge in [0.2, 0.25) is 0 Å². The number of carbonyl (C=O) groups excluding carboxylic acids is 1. The molecule has 1 amide bonds. The topological polar surface area (TPSA) is 79.2 Å². The molecule has 0 fully saturated rings. The van der Waals surface area contributed by atoms with E-state index in [2.05, 4.69) is 16.1 Å². The van der Waals surface area contributed by atoms with Gasteiger partial charge in [0, 0.05) is 19.7 Å². The molecule has 0 saturated carbocycles. The molecule has 5 heteroatoms. The molecule has 1 aromatic carbocycles. The van der Waals surface area contributed by atoms with Crippen molar-refractivity contribution in [3.8, 4) is 0 Å². The maximum absolute atomic E-state index is 11.2. The molecule has 0 spiro atoms. The molecule has 76 valence electrons. The Labute approximate surface area is 82.6 Å². The summed E-state index contributed by atoms with van der Waals surface area (Å²) in [6.07, 6.45) is 0. The molecule has 0 aliphatic carbocycles. The van der Waals surface area contributed by atoms with E-state index >= 15 is 0 Å². The van der Waals surface area contributed by atoms with Crippen LogP contribution in [0.2, 0.25) is 0 Å². The highest BCUT2D eigenvalue weighted by Gasteiger charge is 2.06. The van der Waals surface area contributed by atoms with Crippen LogP contribution in [0.1, 0.15) is 10.4 Å². The highest BCUT2D eigenvalue weighted by atomic mass is 16.2. The van der Waals surface area contributed by atoms with Crippen molar-refractivity contribution in [2.45, 2.75) is 0 Å². The molecule has 5 N–H and O–H groups in total. The third kappa shape index (κ3) is 1.94. The first-order valence-corrected chi connectivity index (χ1v) is 4.23. The van der Waals surface area contributed by atoms with Crippen LogP contribution in [-0.2, 0) is 0 Å². The molecule has 1 aromatic rings. The van der Waals surface area contributed by atoms with E-state index in [9.17, 15) is 4.79 Å². The number of nitrogen functional groups attached to an aromatic ring is 1. The van der Waals surface area contributed by atoms with Gasteiger partial charge in [-0.05, 0) is 18.2 Å². The average Bonchev–Trinajstić information content (AvgIpc) is 2.26. The molecule has 1 rings (SSSR count). The van der Waals surface area contributed by atoms with Crippen molar-refractivity contribution in [1.82, 2.24) is 5.43 Å². The summed E-state index contributed by atoms with van der Waals surface area (Å²) in [6, 6.07) is 5.25. The maximum Gasteiger partial charge on any atom is 0.265 e. The Morgan fingerprint density at radius 3 is 2.36 bits per heavy atom. The third-order valence-electron chi connectivity index (χ3n) is 1.95. The zero-order valence-corrected chi connectivity index (χ0v) is 8.22. The van der Waals surface area contributed by atoms with Crippen LogP contribution >= 0.6 is 0 Å². The molecule has 14 heavy (non-hydrogen) atoms. The van der Waals surface area contributed by atoms with Gasteiger partial charge in [-0.1, -0.05) is 0 Å². The molecule has 0 aliphatic heterocycles. The molecule has 0 unspecified atom stereocenters. The first kappa shape index (κ1) is 10.3. The van der Waals surface area contributed by atoms with E-state index in [-0.39, 0.29) is 5.91 Å². The van der Waals surface area contributed by atoms with Crippen LogP contribution < -0.4 is 21.9 Å². The van der Waals surface area contributed by atoms with Crippen LogP contribution in [0.25, 0.3) is 0 Å². The van der Waals surface area contributed by atoms with Crippen LogP contribution in [0.15, 0.2) is 18.2 Å². The molecular weight excluding hydrogens is 180 g/mol. The number of nitrogens with one attached hydrogen (secondary N) is 3. The van der Waals surface area contributed by atoms with Crippen molar-refractivity contribution in [3.05, 3.63) is 23.8 Å². The fraction of sp³-hybridized carbons (Fsp3) is 0.222. The zero-order valence-electron chi connectivity index (χ0n) is 8.22. The molecule has 5 nitrogen and oxygen atoms in total. The van der Waals surface area contributed by atoms with Gasteiger partial charge in [-0.3, -0.25) is 10.2 Å². The van der Waals surface area contributed by atoms with E-state index in [4.69, 9.17) is 5.84 Å². The third-order valence-corrected chi connectivity index (χ3v) is 1.95. The summed E-state index contributed by atoms with van der Waals surface area (Å²) >= 11 is 0. The summed E-state index contributed by atoms with van der Waals surface area (Å²) < 4.78 is 0. The number of hydrazine groups is 1. The van der Waals surface area contributed by atoms with Crippen molar-refractivity contribution < 1.29 is 4.79 Å². The van der Waals surface area contributed by atoms with Crippen LogP contribution in [-0.4, -0.2) is 20.0 Å². The van der Waals surface area contributed by atoms with E-state index in [0.29, 0.717) is 5.56 Å². The van der Waals surface area contributed by atoms with Crippen molar-refractivity contribution >= 4 is 17.3 Å². The summed E-state index contributed by atoms with van der Waals surface area (Å²) in [6.45, 7) is 0. The number of benzene rings is 1. The minimum atomic E-state index is -0.302. The molecule has 0 aliphatic rings. The van der Waals surface area contributed by atoms with Crippen LogP contribution in [0, 0.1) is 0 Å². The number of rotatable bonds is 3. The second-order valence-corrected chi connectivity index (χ2v) is 2.73. The first-order chi connectivity index (χ1) is 6.72. The Kier molecular flexibility index (Phi) is 3.30. The van der Waals surface area contributed by atoms with Gasteiger partial charge in [-0.25, -0.2) is 5.84 Å². The highest BCUT2D eigenvalue weighted by Crippen LogP contribution is 2.21. The van der Waals surface area contributed by atoms with Crippen LogP contribution in [0.4, 0.5) is 11.4 Å². The highest BCUT2D eigenvalue weighted by molar-refractivity contribution is 5.95. The first-order valence-electron chi connectivity index (χ1n) is 4.23. The van der Waals surface area contributed by atoms with Gasteiger partial charge in [0.15, 0.2) is 0 Å². The van der Waals surface area contributed by atoms with Gasteiger partial charge >= 0.3 is 0 Å². The minimum Gasteiger partial charge on any atom is -0.386 e. The Hall–Kier alpha value is -1.75. The van der Waals surface area contributed by atoms with Gasteiger partial charge in [0.05, 0.1) is 11.4 Å². The van der Waals surface area contributed by atoms with Crippen LogP contribution in [0.3, 0.4) is 0 Å². The Morgan fingerprint density at radius 1 is 1.21 bits per heavy atom. The van der Waals surface area contributed by atoms with Crippen molar-refractivity contribution in [3.63, 3.8) is 0 Å². The number of hydrogen-bond acceptors (Lipinski definition) is 4. The molecule has 0 radical (unpaired) electrons. The Balaban J connectivity index is 3.07. The standard InChI is InChI=1S/C9H14N4O/c1-11-7-4-3-6(9(14)13-10)5-8(7)12-2/h3-5,11-12H,10H2,1-2H3,(H,13,14). The van der Waals surface area contributed by atoms with Crippen LogP contribution in [0.5, 0.6) is 0 Å². The lowest BCUT2D eigenvalue weighted by Crippen LogP contribution is -2.30.